The Labute approximate surface area is 88.0 Å². The van der Waals surface area contributed by atoms with Crippen LogP contribution in [0.5, 0.6) is 0 Å². The maximum absolute atomic E-state index is 11.3. The molecule has 1 N–H and O–H groups in total. The molecule has 0 bridgehead atoms. The smallest absolute Gasteiger partial charge is 0.377 e. The number of carbonyl (C=O) groups excluding carboxylic acids is 1. The highest BCUT2D eigenvalue weighted by Crippen LogP contribution is 2.14. The summed E-state index contributed by atoms with van der Waals surface area (Å²) in [6, 6.07) is 5.00. The third-order valence-corrected chi connectivity index (χ3v) is 2.18. The summed E-state index contributed by atoms with van der Waals surface area (Å²) in [5, 5.41) is 8.61. The molecular weight excluding hydrogens is 192 g/mol. The fourth-order valence-corrected chi connectivity index (χ4v) is 1.37. The van der Waals surface area contributed by atoms with Gasteiger partial charge in [0, 0.05) is 5.56 Å². The molecule has 3 heteroatoms. The number of carbonyl (C=O) groups is 2. The second kappa shape index (κ2) is 4.55. The third kappa shape index (κ3) is 2.31. The van der Waals surface area contributed by atoms with Gasteiger partial charge in [0.25, 0.3) is 5.78 Å². The zero-order valence-electron chi connectivity index (χ0n) is 8.49. The average molecular weight is 204 g/mol. The SMILES string of the molecule is C=Cc1ccc(C(=O)C(=O)O)c(CC)c1. The number of aliphatic carboxylic acids is 1. The number of carboxylic acids is 1. The van der Waals surface area contributed by atoms with E-state index in [9.17, 15) is 9.59 Å². The summed E-state index contributed by atoms with van der Waals surface area (Å²) < 4.78 is 0. The highest BCUT2D eigenvalue weighted by atomic mass is 16.4. The second-order valence-corrected chi connectivity index (χ2v) is 3.11. The van der Waals surface area contributed by atoms with Gasteiger partial charge in [-0.3, -0.25) is 4.79 Å². The van der Waals surface area contributed by atoms with Gasteiger partial charge in [-0.2, -0.15) is 0 Å². The molecule has 0 heterocycles. The molecule has 0 aromatic heterocycles. The van der Waals surface area contributed by atoms with E-state index in [2.05, 4.69) is 6.58 Å². The van der Waals surface area contributed by atoms with Gasteiger partial charge in [-0.15, -0.1) is 0 Å². The lowest BCUT2D eigenvalue weighted by Crippen LogP contribution is -2.14. The first-order valence-corrected chi connectivity index (χ1v) is 4.63. The molecule has 0 fully saturated rings. The van der Waals surface area contributed by atoms with Crippen LogP contribution >= 0.6 is 0 Å². The number of carboxylic acid groups (broad SMARTS) is 1. The largest absolute Gasteiger partial charge is 0.475 e. The Kier molecular flexibility index (Phi) is 3.39. The fraction of sp³-hybridized carbons (Fsp3) is 0.167. The summed E-state index contributed by atoms with van der Waals surface area (Å²) in [6.45, 7) is 5.49. The Morgan fingerprint density at radius 2 is 2.13 bits per heavy atom. The van der Waals surface area contributed by atoms with E-state index in [1.165, 1.54) is 6.07 Å². The summed E-state index contributed by atoms with van der Waals surface area (Å²) in [6.07, 6.45) is 2.28. The molecule has 0 saturated carbocycles. The third-order valence-electron chi connectivity index (χ3n) is 2.18. The van der Waals surface area contributed by atoms with Crippen molar-refractivity contribution in [3.05, 3.63) is 41.5 Å². The monoisotopic (exact) mass is 204 g/mol. The van der Waals surface area contributed by atoms with Gasteiger partial charge in [-0.25, -0.2) is 4.79 Å². The molecule has 0 unspecified atom stereocenters. The Hall–Kier alpha value is -1.90. The van der Waals surface area contributed by atoms with Gasteiger partial charge < -0.3 is 5.11 Å². The number of Topliss-reactive ketones (excluding diaryl/α,β-unsaturated/α-hetero) is 1. The molecule has 0 spiro atoms. The van der Waals surface area contributed by atoms with Crippen molar-refractivity contribution < 1.29 is 14.7 Å². The van der Waals surface area contributed by atoms with Crippen LogP contribution in [-0.4, -0.2) is 16.9 Å². The zero-order valence-corrected chi connectivity index (χ0v) is 8.49. The lowest BCUT2D eigenvalue weighted by atomic mass is 9.99. The van der Waals surface area contributed by atoms with Crippen LogP contribution in [-0.2, 0) is 11.2 Å². The van der Waals surface area contributed by atoms with Crippen molar-refractivity contribution in [1.82, 2.24) is 0 Å². The number of rotatable bonds is 4. The minimum Gasteiger partial charge on any atom is -0.475 e. The Morgan fingerprint density at radius 3 is 2.60 bits per heavy atom. The van der Waals surface area contributed by atoms with Crippen molar-refractivity contribution in [2.45, 2.75) is 13.3 Å². The van der Waals surface area contributed by atoms with Crippen LogP contribution in [0.4, 0.5) is 0 Å². The van der Waals surface area contributed by atoms with Crippen molar-refractivity contribution in [1.29, 1.82) is 0 Å². The van der Waals surface area contributed by atoms with Crippen LogP contribution in [0.3, 0.4) is 0 Å². The summed E-state index contributed by atoms with van der Waals surface area (Å²) >= 11 is 0. The molecule has 3 nitrogen and oxygen atoms in total. The fourth-order valence-electron chi connectivity index (χ4n) is 1.37. The molecule has 78 valence electrons. The van der Waals surface area contributed by atoms with Crippen LogP contribution < -0.4 is 0 Å². The summed E-state index contributed by atoms with van der Waals surface area (Å²) in [5.41, 5.74) is 1.88. The minimum absolute atomic E-state index is 0.260. The van der Waals surface area contributed by atoms with E-state index < -0.39 is 11.8 Å². The molecule has 0 atom stereocenters. The van der Waals surface area contributed by atoms with Crippen LogP contribution in [0.2, 0.25) is 0 Å². The highest BCUT2D eigenvalue weighted by Gasteiger charge is 2.17. The molecule has 0 aliphatic carbocycles. The first-order valence-electron chi connectivity index (χ1n) is 4.63. The number of hydrogen-bond acceptors (Lipinski definition) is 2. The molecule has 0 amide bonds. The van der Waals surface area contributed by atoms with Crippen molar-refractivity contribution in [2.75, 3.05) is 0 Å². The second-order valence-electron chi connectivity index (χ2n) is 3.11. The maximum atomic E-state index is 11.3. The van der Waals surface area contributed by atoms with E-state index in [1.54, 1.807) is 18.2 Å². The van der Waals surface area contributed by atoms with Gasteiger partial charge in [0.1, 0.15) is 0 Å². The normalized spacial score (nSPS) is 9.67. The zero-order chi connectivity index (χ0) is 11.4. The molecular formula is C12H12O3. The molecule has 1 aromatic carbocycles. The highest BCUT2D eigenvalue weighted by molar-refractivity contribution is 6.40. The van der Waals surface area contributed by atoms with Crippen molar-refractivity contribution >= 4 is 17.8 Å². The van der Waals surface area contributed by atoms with Gasteiger partial charge in [0.2, 0.25) is 0 Å². The Morgan fingerprint density at radius 1 is 1.47 bits per heavy atom. The van der Waals surface area contributed by atoms with Gasteiger partial charge in [0.15, 0.2) is 0 Å². The average Bonchev–Trinajstić information content (AvgIpc) is 2.27. The Balaban J connectivity index is 3.24. The van der Waals surface area contributed by atoms with Gasteiger partial charge in [0.05, 0.1) is 0 Å². The number of aryl methyl sites for hydroxylation is 1. The lowest BCUT2D eigenvalue weighted by Gasteiger charge is -2.05. The van der Waals surface area contributed by atoms with Crippen molar-refractivity contribution in [3.63, 3.8) is 0 Å². The van der Waals surface area contributed by atoms with Crippen molar-refractivity contribution in [3.8, 4) is 0 Å². The molecule has 1 aromatic rings. The van der Waals surface area contributed by atoms with E-state index in [-0.39, 0.29) is 5.56 Å². The number of benzene rings is 1. The quantitative estimate of drug-likeness (QED) is 0.604. The van der Waals surface area contributed by atoms with Gasteiger partial charge >= 0.3 is 5.97 Å². The molecule has 1 rings (SSSR count). The molecule has 15 heavy (non-hydrogen) atoms. The van der Waals surface area contributed by atoms with E-state index in [4.69, 9.17) is 5.11 Å². The predicted octanol–water partition coefficient (Wildman–Crippen LogP) is 2.16. The molecule has 0 radical (unpaired) electrons. The Bertz CT molecular complexity index is 419. The van der Waals surface area contributed by atoms with Crippen LogP contribution in [0.1, 0.15) is 28.4 Å². The summed E-state index contributed by atoms with van der Waals surface area (Å²) in [5.74, 6) is -2.28. The summed E-state index contributed by atoms with van der Waals surface area (Å²) in [4.78, 5) is 21.9. The topological polar surface area (TPSA) is 54.4 Å². The van der Waals surface area contributed by atoms with Crippen LogP contribution in [0.25, 0.3) is 6.08 Å². The summed E-state index contributed by atoms with van der Waals surface area (Å²) in [7, 11) is 0. The standard InChI is InChI=1S/C12H12O3/c1-3-8-5-6-10(9(4-2)7-8)11(13)12(14)15/h3,5-7H,1,4H2,2H3,(H,14,15). The van der Waals surface area contributed by atoms with Gasteiger partial charge in [-0.05, 0) is 23.6 Å². The molecule has 0 aliphatic rings. The van der Waals surface area contributed by atoms with Crippen molar-refractivity contribution in [2.24, 2.45) is 0 Å². The van der Waals surface area contributed by atoms with E-state index >= 15 is 0 Å². The van der Waals surface area contributed by atoms with E-state index in [0.717, 1.165) is 11.1 Å². The number of ketones is 1. The first kappa shape index (κ1) is 11.2. The maximum Gasteiger partial charge on any atom is 0.377 e. The lowest BCUT2D eigenvalue weighted by molar-refractivity contribution is -0.131. The van der Waals surface area contributed by atoms with Crippen LogP contribution in [0, 0.1) is 0 Å². The van der Waals surface area contributed by atoms with E-state index in [0.29, 0.717) is 6.42 Å². The molecule has 0 aliphatic heterocycles. The predicted molar refractivity (Wildman–Crippen MR) is 57.9 cm³/mol. The first-order chi connectivity index (χ1) is 7.10. The number of hydrogen-bond donors (Lipinski definition) is 1. The molecule has 0 saturated heterocycles. The van der Waals surface area contributed by atoms with E-state index in [1.807, 2.05) is 6.92 Å². The minimum atomic E-state index is -1.42. The van der Waals surface area contributed by atoms with Crippen LogP contribution in [0.15, 0.2) is 24.8 Å². The van der Waals surface area contributed by atoms with Gasteiger partial charge in [-0.1, -0.05) is 31.7 Å².